The maximum absolute atomic E-state index is 2.53. The van der Waals surface area contributed by atoms with Gasteiger partial charge in [-0.25, -0.2) is 0 Å². The highest BCUT2D eigenvalue weighted by Gasteiger charge is 2.38. The Balaban J connectivity index is 2.30. The Labute approximate surface area is 156 Å². The number of hydrogen-bond acceptors (Lipinski definition) is 0. The first kappa shape index (κ1) is 18.6. The second kappa shape index (κ2) is 5.64. The Kier molecular flexibility index (Phi) is 4.19. The summed E-state index contributed by atoms with van der Waals surface area (Å²) in [6.07, 6.45) is 2.53. The first-order chi connectivity index (χ1) is 11.4. The summed E-state index contributed by atoms with van der Waals surface area (Å²) in [6, 6.07) is 14.5. The summed E-state index contributed by atoms with van der Waals surface area (Å²) >= 11 is 0. The van der Waals surface area contributed by atoms with Crippen LogP contribution in [0.1, 0.15) is 66.5 Å². The molecule has 0 unspecified atom stereocenters. The molecule has 25 heavy (non-hydrogen) atoms. The lowest BCUT2D eigenvalue weighted by Gasteiger charge is -2.39. The predicted octanol–water partition coefficient (Wildman–Crippen LogP) is 7.52. The van der Waals surface area contributed by atoms with E-state index in [1.165, 1.54) is 22.3 Å². The van der Waals surface area contributed by atoms with E-state index in [0.717, 1.165) is 0 Å². The molecule has 1 heteroatoms. The van der Waals surface area contributed by atoms with Crippen molar-refractivity contribution in [3.8, 4) is 11.1 Å². The molecule has 0 fully saturated rings. The molecule has 0 aliphatic carbocycles. The van der Waals surface area contributed by atoms with Gasteiger partial charge in [0.25, 0.3) is 0 Å². The van der Waals surface area contributed by atoms with Crippen molar-refractivity contribution in [2.45, 2.75) is 81.3 Å². The van der Waals surface area contributed by atoms with Crippen molar-refractivity contribution in [3.05, 3.63) is 47.5 Å². The van der Waals surface area contributed by atoms with Gasteiger partial charge in [-0.1, -0.05) is 79.7 Å². The van der Waals surface area contributed by atoms with E-state index in [2.05, 4.69) is 98.0 Å². The van der Waals surface area contributed by atoms with Crippen LogP contribution in [0.2, 0.25) is 0 Å². The fourth-order valence-corrected chi connectivity index (χ4v) is 7.02. The van der Waals surface area contributed by atoms with Crippen molar-refractivity contribution in [1.82, 2.24) is 0 Å². The highest BCUT2D eigenvalue weighted by molar-refractivity contribution is 8.34. The Morgan fingerprint density at radius 1 is 0.680 bits per heavy atom. The first-order valence-corrected chi connectivity index (χ1v) is 11.5. The third-order valence-corrected chi connectivity index (χ3v) is 10.2. The fraction of sp³-hybridized carbons (Fsp3) is 0.500. The van der Waals surface area contributed by atoms with Crippen LogP contribution in [0.5, 0.6) is 0 Å². The summed E-state index contributed by atoms with van der Waals surface area (Å²) in [5.41, 5.74) is 6.23. The van der Waals surface area contributed by atoms with E-state index in [1.54, 1.807) is 9.79 Å². The Morgan fingerprint density at radius 3 is 1.32 bits per heavy atom. The molecule has 0 radical (unpaired) electrons. The second-order valence-electron chi connectivity index (χ2n) is 9.95. The van der Waals surface area contributed by atoms with E-state index in [-0.39, 0.29) is 10.8 Å². The van der Waals surface area contributed by atoms with Crippen LogP contribution in [0.15, 0.2) is 46.2 Å². The maximum atomic E-state index is 2.53. The molecule has 1 heterocycles. The van der Waals surface area contributed by atoms with Gasteiger partial charge in [-0.15, -0.1) is 0 Å². The van der Waals surface area contributed by atoms with Crippen molar-refractivity contribution in [2.24, 2.45) is 0 Å². The molecule has 0 saturated heterocycles. The number of fused-ring (bicyclic) bond motifs is 3. The van der Waals surface area contributed by atoms with E-state index in [0.29, 0.717) is 5.25 Å². The lowest BCUT2D eigenvalue weighted by molar-refractivity contribution is 0.588. The molecule has 3 rings (SSSR count). The molecule has 0 bridgehead atoms. The van der Waals surface area contributed by atoms with Gasteiger partial charge in [0, 0.05) is 9.79 Å². The van der Waals surface area contributed by atoms with Crippen LogP contribution in [0.3, 0.4) is 0 Å². The lowest BCUT2D eigenvalue weighted by atomic mass is 9.85. The molecule has 0 amide bonds. The maximum Gasteiger partial charge on any atom is 0.00230 e. The summed E-state index contributed by atoms with van der Waals surface area (Å²) < 4.78 is 0. The molecular weight excluding hydrogens is 320 g/mol. The topological polar surface area (TPSA) is 0 Å². The predicted molar refractivity (Wildman–Crippen MR) is 114 cm³/mol. The van der Waals surface area contributed by atoms with Crippen molar-refractivity contribution in [1.29, 1.82) is 0 Å². The van der Waals surface area contributed by atoms with Crippen molar-refractivity contribution in [3.63, 3.8) is 0 Å². The smallest absolute Gasteiger partial charge is 0.00230 e. The van der Waals surface area contributed by atoms with Crippen molar-refractivity contribution >= 4 is 10.0 Å². The minimum absolute atomic E-state index is 0.192. The van der Waals surface area contributed by atoms with Gasteiger partial charge in [-0.2, -0.15) is 10.0 Å². The second-order valence-corrected chi connectivity index (χ2v) is 13.7. The average Bonchev–Trinajstić information content (AvgIpc) is 2.76. The molecule has 0 N–H and O–H groups in total. The van der Waals surface area contributed by atoms with E-state index < -0.39 is 10.0 Å². The highest BCUT2D eigenvalue weighted by Crippen LogP contribution is 2.72. The van der Waals surface area contributed by atoms with E-state index in [9.17, 15) is 0 Å². The van der Waals surface area contributed by atoms with Crippen molar-refractivity contribution < 1.29 is 0 Å². The molecule has 0 aromatic heterocycles. The molecule has 0 spiro atoms. The van der Waals surface area contributed by atoms with Crippen LogP contribution < -0.4 is 0 Å². The molecule has 1 aliphatic rings. The van der Waals surface area contributed by atoms with Gasteiger partial charge in [-0.3, -0.25) is 0 Å². The first-order valence-electron chi connectivity index (χ1n) is 9.43. The third kappa shape index (κ3) is 2.85. The van der Waals surface area contributed by atoms with Gasteiger partial charge in [0.1, 0.15) is 0 Å². The van der Waals surface area contributed by atoms with Gasteiger partial charge < -0.3 is 0 Å². The minimum Gasteiger partial charge on any atom is -0.187 e. The third-order valence-electron chi connectivity index (χ3n) is 5.84. The van der Waals surface area contributed by atoms with E-state index in [4.69, 9.17) is 0 Å². The number of benzene rings is 2. The minimum atomic E-state index is -1.00. The zero-order valence-corrected chi connectivity index (χ0v) is 18.3. The van der Waals surface area contributed by atoms with E-state index >= 15 is 0 Å². The largest absolute Gasteiger partial charge is 0.187 e. The summed E-state index contributed by atoms with van der Waals surface area (Å²) in [5, 5.41) is 0.637. The van der Waals surface area contributed by atoms with Crippen LogP contribution in [0, 0.1) is 0 Å². The fourth-order valence-electron chi connectivity index (χ4n) is 3.75. The van der Waals surface area contributed by atoms with Crippen LogP contribution >= 0.6 is 10.0 Å². The summed E-state index contributed by atoms with van der Waals surface area (Å²) in [6.45, 7) is 18.7. The Morgan fingerprint density at radius 2 is 1.04 bits per heavy atom. The molecule has 0 saturated carbocycles. The molecule has 0 nitrogen and oxygen atoms in total. The lowest BCUT2D eigenvalue weighted by Crippen LogP contribution is -2.14. The van der Waals surface area contributed by atoms with Gasteiger partial charge in [-0.05, 0) is 56.7 Å². The SMILES string of the molecule is CC(C)S1(C)c2cc(C(C)(C)C)ccc2-c2ccc(C(C)(C)C)cc21. The number of hydrogen-bond donors (Lipinski definition) is 0. The van der Waals surface area contributed by atoms with Gasteiger partial charge in [0.2, 0.25) is 0 Å². The Hall–Kier alpha value is -1.21. The highest BCUT2D eigenvalue weighted by atomic mass is 32.3. The van der Waals surface area contributed by atoms with Crippen LogP contribution in [0.25, 0.3) is 11.1 Å². The van der Waals surface area contributed by atoms with Gasteiger partial charge >= 0.3 is 0 Å². The van der Waals surface area contributed by atoms with Gasteiger partial charge in [0.15, 0.2) is 0 Å². The summed E-state index contributed by atoms with van der Waals surface area (Å²) in [5.74, 6) is 0. The van der Waals surface area contributed by atoms with Crippen molar-refractivity contribution in [2.75, 3.05) is 6.26 Å². The number of rotatable bonds is 1. The average molecular weight is 355 g/mol. The summed E-state index contributed by atoms with van der Waals surface area (Å²) in [4.78, 5) is 3.19. The molecule has 2 aromatic carbocycles. The normalized spacial score (nSPS) is 17.4. The molecule has 0 atom stereocenters. The standard InChI is InChI=1S/C24H34S/c1-16(2)25(9)21-14-17(23(3,4)5)10-12-19(21)20-13-11-18(15-22(20)25)24(6,7)8/h10-16H,1-9H3. The van der Waals surface area contributed by atoms with Crippen LogP contribution in [-0.2, 0) is 10.8 Å². The monoisotopic (exact) mass is 354 g/mol. The molecule has 2 aromatic rings. The zero-order chi connectivity index (χ0) is 18.8. The summed E-state index contributed by atoms with van der Waals surface area (Å²) in [7, 11) is -1.00. The zero-order valence-electron chi connectivity index (χ0n) is 17.4. The quantitative estimate of drug-likeness (QED) is 0.496. The van der Waals surface area contributed by atoms with Crippen LogP contribution in [0.4, 0.5) is 0 Å². The molecule has 136 valence electrons. The van der Waals surface area contributed by atoms with E-state index in [1.807, 2.05) is 0 Å². The Bertz CT molecular complexity index is 749. The molecular formula is C24H34S. The molecule has 1 aliphatic heterocycles. The van der Waals surface area contributed by atoms with Crippen LogP contribution in [-0.4, -0.2) is 11.5 Å². The van der Waals surface area contributed by atoms with Gasteiger partial charge in [0.05, 0.1) is 0 Å².